The summed E-state index contributed by atoms with van der Waals surface area (Å²) in [6.07, 6.45) is 2.16. The van der Waals surface area contributed by atoms with E-state index >= 15 is 0 Å². The molecule has 1 fully saturated rings. The lowest BCUT2D eigenvalue weighted by atomic mass is 9.85. The first-order valence-electron chi connectivity index (χ1n) is 4.26. The molecule has 60 valence electrons. The second kappa shape index (κ2) is 2.91. The minimum absolute atomic E-state index is 0.457. The zero-order chi connectivity index (χ0) is 7.72. The number of hydrogen-bond acceptors (Lipinski definition) is 1. The molecule has 0 amide bonds. The van der Waals surface area contributed by atoms with E-state index in [1.807, 2.05) is 0 Å². The molecule has 1 heteroatoms. The minimum Gasteiger partial charge on any atom is -0.375 e. The van der Waals surface area contributed by atoms with Gasteiger partial charge in [0.2, 0.25) is 0 Å². The zero-order valence-corrected chi connectivity index (χ0v) is 7.42. The number of hydrogen-bond donors (Lipinski definition) is 0. The van der Waals surface area contributed by atoms with Gasteiger partial charge in [-0.25, -0.2) is 0 Å². The van der Waals surface area contributed by atoms with Crippen LogP contribution in [0, 0.1) is 11.8 Å². The van der Waals surface area contributed by atoms with Gasteiger partial charge in [-0.3, -0.25) is 0 Å². The van der Waals surface area contributed by atoms with E-state index < -0.39 is 0 Å². The van der Waals surface area contributed by atoms with Crippen molar-refractivity contribution in [1.82, 2.24) is 0 Å². The van der Waals surface area contributed by atoms with Crippen molar-refractivity contribution in [2.24, 2.45) is 11.8 Å². The summed E-state index contributed by atoms with van der Waals surface area (Å²) in [7, 11) is 0. The van der Waals surface area contributed by atoms with Crippen LogP contribution in [0.1, 0.15) is 34.1 Å². The summed E-state index contributed by atoms with van der Waals surface area (Å²) in [5.74, 6) is 1.56. The van der Waals surface area contributed by atoms with Gasteiger partial charge in [0.05, 0.1) is 12.2 Å². The van der Waals surface area contributed by atoms with E-state index in [1.54, 1.807) is 0 Å². The van der Waals surface area contributed by atoms with Crippen LogP contribution in [-0.2, 0) is 4.74 Å². The largest absolute Gasteiger partial charge is 0.375 e. The predicted molar refractivity (Wildman–Crippen MR) is 43.0 cm³/mol. The van der Waals surface area contributed by atoms with Crippen LogP contribution in [0.5, 0.6) is 0 Å². The van der Waals surface area contributed by atoms with E-state index in [4.69, 9.17) is 4.74 Å². The van der Waals surface area contributed by atoms with Crippen molar-refractivity contribution < 1.29 is 4.74 Å². The maximum absolute atomic E-state index is 5.67. The molecule has 0 aromatic carbocycles. The average molecular weight is 142 g/mol. The van der Waals surface area contributed by atoms with Crippen LogP contribution in [0.3, 0.4) is 0 Å². The molecular formula is C9H18O. The fraction of sp³-hybridized carbons (Fsp3) is 1.00. The van der Waals surface area contributed by atoms with Gasteiger partial charge in [-0.2, -0.15) is 0 Å². The monoisotopic (exact) mass is 142 g/mol. The molecule has 0 aliphatic carbocycles. The molecule has 1 aliphatic rings. The number of rotatable bonds is 0. The molecule has 1 rings (SSSR count). The van der Waals surface area contributed by atoms with Gasteiger partial charge >= 0.3 is 0 Å². The normalized spacial score (nSPS) is 49.2. The van der Waals surface area contributed by atoms with Crippen LogP contribution in [0.4, 0.5) is 0 Å². The molecule has 0 N–H and O–H groups in total. The molecular weight excluding hydrogens is 124 g/mol. The third-order valence-corrected chi connectivity index (χ3v) is 2.79. The molecule has 0 aromatic heterocycles. The molecule has 4 atom stereocenters. The fourth-order valence-electron chi connectivity index (χ4n) is 1.75. The summed E-state index contributed by atoms with van der Waals surface area (Å²) >= 11 is 0. The summed E-state index contributed by atoms with van der Waals surface area (Å²) in [5, 5.41) is 0. The SMILES string of the molecule is CC1C[C@@H](C)O[C@@H](C)[C@@H]1C. The molecule has 0 spiro atoms. The van der Waals surface area contributed by atoms with Crippen LogP contribution in [0.2, 0.25) is 0 Å². The van der Waals surface area contributed by atoms with Gasteiger partial charge in [0, 0.05) is 0 Å². The van der Waals surface area contributed by atoms with Crippen molar-refractivity contribution in [3.05, 3.63) is 0 Å². The first kappa shape index (κ1) is 8.06. The molecule has 1 heterocycles. The molecule has 1 unspecified atom stereocenters. The Bertz CT molecular complexity index is 99.3. The van der Waals surface area contributed by atoms with E-state index in [0.29, 0.717) is 12.2 Å². The molecule has 0 saturated carbocycles. The van der Waals surface area contributed by atoms with E-state index in [9.17, 15) is 0 Å². The Morgan fingerprint density at radius 2 is 1.70 bits per heavy atom. The van der Waals surface area contributed by atoms with Gasteiger partial charge in [0.25, 0.3) is 0 Å². The van der Waals surface area contributed by atoms with Crippen molar-refractivity contribution in [2.75, 3.05) is 0 Å². The summed E-state index contributed by atoms with van der Waals surface area (Å²) in [5.41, 5.74) is 0. The van der Waals surface area contributed by atoms with Gasteiger partial charge in [-0.1, -0.05) is 13.8 Å². The van der Waals surface area contributed by atoms with Crippen molar-refractivity contribution in [2.45, 2.75) is 46.3 Å². The summed E-state index contributed by atoms with van der Waals surface area (Å²) < 4.78 is 5.67. The van der Waals surface area contributed by atoms with Crippen molar-refractivity contribution in [3.8, 4) is 0 Å². The van der Waals surface area contributed by atoms with Gasteiger partial charge < -0.3 is 4.74 Å². The highest BCUT2D eigenvalue weighted by atomic mass is 16.5. The Kier molecular flexibility index (Phi) is 2.35. The summed E-state index contributed by atoms with van der Waals surface area (Å²) in [6, 6.07) is 0. The van der Waals surface area contributed by atoms with E-state index in [-0.39, 0.29) is 0 Å². The quantitative estimate of drug-likeness (QED) is 0.505. The molecule has 1 aliphatic heterocycles. The van der Waals surface area contributed by atoms with E-state index in [2.05, 4.69) is 27.7 Å². The van der Waals surface area contributed by atoms with Crippen LogP contribution in [0.15, 0.2) is 0 Å². The Labute approximate surface area is 63.8 Å². The van der Waals surface area contributed by atoms with Gasteiger partial charge in [0.1, 0.15) is 0 Å². The van der Waals surface area contributed by atoms with Crippen LogP contribution < -0.4 is 0 Å². The Balaban J connectivity index is 2.49. The van der Waals surface area contributed by atoms with Gasteiger partial charge in [-0.15, -0.1) is 0 Å². The zero-order valence-electron chi connectivity index (χ0n) is 7.42. The highest BCUT2D eigenvalue weighted by molar-refractivity contribution is 4.76. The van der Waals surface area contributed by atoms with Crippen molar-refractivity contribution in [3.63, 3.8) is 0 Å². The lowest BCUT2D eigenvalue weighted by molar-refractivity contribution is -0.0828. The smallest absolute Gasteiger partial charge is 0.0578 e. The minimum atomic E-state index is 0.457. The van der Waals surface area contributed by atoms with Crippen LogP contribution in [0.25, 0.3) is 0 Å². The summed E-state index contributed by atoms with van der Waals surface area (Å²) in [6.45, 7) is 8.94. The Morgan fingerprint density at radius 3 is 2.20 bits per heavy atom. The lowest BCUT2D eigenvalue weighted by Crippen LogP contribution is -2.35. The first-order valence-corrected chi connectivity index (χ1v) is 4.26. The molecule has 0 aromatic rings. The lowest BCUT2D eigenvalue weighted by Gasteiger charge is -2.35. The second-order valence-electron chi connectivity index (χ2n) is 3.72. The molecule has 0 bridgehead atoms. The Hall–Kier alpha value is -0.0400. The third-order valence-electron chi connectivity index (χ3n) is 2.79. The van der Waals surface area contributed by atoms with Gasteiger partial charge in [0.15, 0.2) is 0 Å². The molecule has 0 radical (unpaired) electrons. The second-order valence-corrected chi connectivity index (χ2v) is 3.72. The highest BCUT2D eigenvalue weighted by Crippen LogP contribution is 2.29. The van der Waals surface area contributed by atoms with Gasteiger partial charge in [-0.05, 0) is 32.1 Å². The fourth-order valence-corrected chi connectivity index (χ4v) is 1.75. The van der Waals surface area contributed by atoms with E-state index in [1.165, 1.54) is 6.42 Å². The maximum Gasteiger partial charge on any atom is 0.0578 e. The third kappa shape index (κ3) is 1.51. The van der Waals surface area contributed by atoms with Crippen LogP contribution in [-0.4, -0.2) is 12.2 Å². The van der Waals surface area contributed by atoms with E-state index in [0.717, 1.165) is 11.8 Å². The topological polar surface area (TPSA) is 9.23 Å². The van der Waals surface area contributed by atoms with Crippen molar-refractivity contribution in [1.29, 1.82) is 0 Å². The average Bonchev–Trinajstić information content (AvgIpc) is 1.82. The molecule has 1 nitrogen and oxygen atoms in total. The maximum atomic E-state index is 5.67. The summed E-state index contributed by atoms with van der Waals surface area (Å²) in [4.78, 5) is 0. The standard InChI is InChI=1S/C9H18O/c1-6-5-7(2)10-9(4)8(6)3/h6-9H,5H2,1-4H3/t6?,7-,8-,9+/m1/s1. The highest BCUT2D eigenvalue weighted by Gasteiger charge is 2.27. The molecule has 10 heavy (non-hydrogen) atoms. The first-order chi connectivity index (χ1) is 4.61. The van der Waals surface area contributed by atoms with Crippen molar-refractivity contribution >= 4 is 0 Å². The van der Waals surface area contributed by atoms with Crippen LogP contribution >= 0.6 is 0 Å². The predicted octanol–water partition coefficient (Wildman–Crippen LogP) is 2.46. The Morgan fingerprint density at radius 1 is 1.10 bits per heavy atom. The number of ether oxygens (including phenoxy) is 1. The molecule has 1 saturated heterocycles.